The molecule has 0 aromatic heterocycles. The van der Waals surface area contributed by atoms with E-state index in [-0.39, 0.29) is 0 Å². The summed E-state index contributed by atoms with van der Waals surface area (Å²) in [4.78, 5) is 14.4. The summed E-state index contributed by atoms with van der Waals surface area (Å²) in [7, 11) is 0. The van der Waals surface area contributed by atoms with Crippen LogP contribution in [0.3, 0.4) is 0 Å². The number of likely N-dealkylation sites (tertiary alicyclic amines) is 1. The van der Waals surface area contributed by atoms with Crippen LogP contribution in [0.25, 0.3) is 0 Å². The Balaban J connectivity index is 1.83. The molecule has 1 N–H and O–H groups in total. The van der Waals surface area contributed by atoms with Gasteiger partial charge >= 0.3 is 0 Å². The molecule has 3 atom stereocenters. The Labute approximate surface area is 111 Å². The fourth-order valence-corrected chi connectivity index (χ4v) is 3.25. The van der Waals surface area contributed by atoms with E-state index in [2.05, 4.69) is 24.1 Å². The lowest BCUT2D eigenvalue weighted by Gasteiger charge is -2.36. The van der Waals surface area contributed by atoms with Gasteiger partial charge in [-0.25, -0.2) is 0 Å². The molecule has 0 saturated carbocycles. The third kappa shape index (κ3) is 3.47. The van der Waals surface area contributed by atoms with Gasteiger partial charge in [0, 0.05) is 25.6 Å². The number of carbonyl (C=O) groups excluding carboxylic acids is 1. The molecule has 2 aliphatic rings. The first kappa shape index (κ1) is 13.9. The molecular formula is C15H28N2O. The maximum absolute atomic E-state index is 12.2. The Bertz CT molecular complexity index is 274. The van der Waals surface area contributed by atoms with Gasteiger partial charge in [0.05, 0.1) is 0 Å². The maximum atomic E-state index is 12.2. The fraction of sp³-hybridized carbons (Fsp3) is 0.933. The monoisotopic (exact) mass is 252 g/mol. The topological polar surface area (TPSA) is 32.3 Å². The second-order valence-electron chi connectivity index (χ2n) is 6.16. The number of nitrogens with zero attached hydrogens (tertiary/aromatic N) is 1. The lowest BCUT2D eigenvalue weighted by Crippen LogP contribution is -2.46. The molecule has 2 fully saturated rings. The van der Waals surface area contributed by atoms with Crippen LogP contribution in [-0.4, -0.2) is 36.5 Å². The highest BCUT2D eigenvalue weighted by atomic mass is 16.2. The van der Waals surface area contributed by atoms with Crippen molar-refractivity contribution in [1.82, 2.24) is 10.2 Å². The zero-order chi connectivity index (χ0) is 13.0. The average molecular weight is 252 g/mol. The van der Waals surface area contributed by atoms with E-state index in [1.165, 1.54) is 32.2 Å². The van der Waals surface area contributed by atoms with Crippen molar-refractivity contribution in [1.29, 1.82) is 0 Å². The fourth-order valence-electron chi connectivity index (χ4n) is 3.25. The normalized spacial score (nSPS) is 30.4. The maximum Gasteiger partial charge on any atom is 0.222 e. The van der Waals surface area contributed by atoms with E-state index in [9.17, 15) is 4.79 Å². The van der Waals surface area contributed by atoms with Crippen LogP contribution in [0.2, 0.25) is 0 Å². The SMILES string of the molecule is CCC(C)CC(=O)N1CCCC(C2CCCN2)C1. The molecule has 3 unspecified atom stereocenters. The highest BCUT2D eigenvalue weighted by Crippen LogP contribution is 2.25. The van der Waals surface area contributed by atoms with E-state index < -0.39 is 0 Å². The molecule has 0 radical (unpaired) electrons. The second kappa shape index (κ2) is 6.55. The lowest BCUT2D eigenvalue weighted by atomic mass is 9.89. The lowest BCUT2D eigenvalue weighted by molar-refractivity contribution is -0.134. The number of nitrogens with one attached hydrogen (secondary N) is 1. The third-order valence-electron chi connectivity index (χ3n) is 4.70. The Morgan fingerprint density at radius 1 is 1.39 bits per heavy atom. The van der Waals surface area contributed by atoms with Gasteiger partial charge < -0.3 is 10.2 Å². The van der Waals surface area contributed by atoms with Crippen LogP contribution < -0.4 is 5.32 Å². The van der Waals surface area contributed by atoms with E-state index in [1.807, 2.05) is 0 Å². The van der Waals surface area contributed by atoms with Crippen LogP contribution in [0.5, 0.6) is 0 Å². The molecule has 0 bridgehead atoms. The Morgan fingerprint density at radius 3 is 2.89 bits per heavy atom. The first-order valence-electron chi connectivity index (χ1n) is 7.72. The number of amides is 1. The van der Waals surface area contributed by atoms with E-state index in [1.54, 1.807) is 0 Å². The number of carbonyl (C=O) groups is 1. The molecule has 1 amide bonds. The predicted molar refractivity (Wildman–Crippen MR) is 74.4 cm³/mol. The van der Waals surface area contributed by atoms with E-state index in [0.29, 0.717) is 23.8 Å². The number of hydrogen-bond acceptors (Lipinski definition) is 2. The minimum Gasteiger partial charge on any atom is -0.342 e. The van der Waals surface area contributed by atoms with Gasteiger partial charge in [0.25, 0.3) is 0 Å². The molecule has 18 heavy (non-hydrogen) atoms. The van der Waals surface area contributed by atoms with Crippen molar-refractivity contribution >= 4 is 5.91 Å². The molecule has 3 heteroatoms. The summed E-state index contributed by atoms with van der Waals surface area (Å²) in [5.74, 6) is 1.61. The number of rotatable bonds is 4. The van der Waals surface area contributed by atoms with Gasteiger partial charge in [-0.2, -0.15) is 0 Å². The minimum atomic E-state index is 0.382. The first-order chi connectivity index (χ1) is 8.70. The van der Waals surface area contributed by atoms with E-state index >= 15 is 0 Å². The quantitative estimate of drug-likeness (QED) is 0.833. The molecule has 0 aromatic rings. The second-order valence-corrected chi connectivity index (χ2v) is 6.16. The van der Waals surface area contributed by atoms with Crippen LogP contribution in [0.4, 0.5) is 0 Å². The summed E-state index contributed by atoms with van der Waals surface area (Å²) in [5, 5.41) is 3.60. The first-order valence-corrected chi connectivity index (χ1v) is 7.72. The van der Waals surface area contributed by atoms with Gasteiger partial charge in [-0.1, -0.05) is 20.3 Å². The number of hydrogen-bond donors (Lipinski definition) is 1. The summed E-state index contributed by atoms with van der Waals surface area (Å²) in [6.45, 7) is 7.49. The zero-order valence-electron chi connectivity index (χ0n) is 12.0. The Hall–Kier alpha value is -0.570. The summed E-state index contributed by atoms with van der Waals surface area (Å²) >= 11 is 0. The van der Waals surface area contributed by atoms with Gasteiger partial charge in [0.2, 0.25) is 5.91 Å². The van der Waals surface area contributed by atoms with Crippen LogP contribution >= 0.6 is 0 Å². The molecule has 2 saturated heterocycles. The predicted octanol–water partition coefficient (Wildman–Crippen LogP) is 2.41. The van der Waals surface area contributed by atoms with Gasteiger partial charge in [-0.3, -0.25) is 4.79 Å². The van der Waals surface area contributed by atoms with Crippen LogP contribution in [0.15, 0.2) is 0 Å². The summed E-state index contributed by atoms with van der Waals surface area (Å²) in [5.41, 5.74) is 0. The highest BCUT2D eigenvalue weighted by Gasteiger charge is 2.30. The van der Waals surface area contributed by atoms with Gasteiger partial charge in [-0.05, 0) is 44.1 Å². The van der Waals surface area contributed by atoms with Crippen molar-refractivity contribution in [3.05, 3.63) is 0 Å². The Morgan fingerprint density at radius 2 is 2.22 bits per heavy atom. The van der Waals surface area contributed by atoms with Crippen LogP contribution in [0.1, 0.15) is 52.4 Å². The molecule has 2 aliphatic heterocycles. The van der Waals surface area contributed by atoms with Crippen molar-refractivity contribution < 1.29 is 4.79 Å². The molecule has 2 rings (SSSR count). The highest BCUT2D eigenvalue weighted by molar-refractivity contribution is 5.76. The van der Waals surface area contributed by atoms with Gasteiger partial charge in [-0.15, -0.1) is 0 Å². The Kier molecular flexibility index (Phi) is 5.04. The molecule has 3 nitrogen and oxygen atoms in total. The number of piperidine rings is 1. The van der Waals surface area contributed by atoms with Crippen molar-refractivity contribution in [3.63, 3.8) is 0 Å². The molecule has 2 heterocycles. The summed E-state index contributed by atoms with van der Waals surface area (Å²) < 4.78 is 0. The van der Waals surface area contributed by atoms with Crippen molar-refractivity contribution in [3.8, 4) is 0 Å². The molecular weight excluding hydrogens is 224 g/mol. The molecule has 0 aliphatic carbocycles. The summed E-state index contributed by atoms with van der Waals surface area (Å²) in [6, 6.07) is 0.671. The smallest absolute Gasteiger partial charge is 0.222 e. The van der Waals surface area contributed by atoms with Gasteiger partial charge in [0.15, 0.2) is 0 Å². The van der Waals surface area contributed by atoms with E-state index in [4.69, 9.17) is 0 Å². The standard InChI is InChI=1S/C15H28N2O/c1-3-12(2)10-15(18)17-9-5-6-13(11-17)14-7-4-8-16-14/h12-14,16H,3-11H2,1-2H3. The largest absolute Gasteiger partial charge is 0.342 e. The van der Waals surface area contributed by atoms with Gasteiger partial charge in [0.1, 0.15) is 0 Å². The molecule has 0 spiro atoms. The van der Waals surface area contributed by atoms with Crippen molar-refractivity contribution in [2.75, 3.05) is 19.6 Å². The van der Waals surface area contributed by atoms with Crippen molar-refractivity contribution in [2.45, 2.75) is 58.4 Å². The van der Waals surface area contributed by atoms with Crippen molar-refractivity contribution in [2.24, 2.45) is 11.8 Å². The van der Waals surface area contributed by atoms with E-state index in [0.717, 1.165) is 25.9 Å². The van der Waals surface area contributed by atoms with Crippen LogP contribution in [0, 0.1) is 11.8 Å². The third-order valence-corrected chi connectivity index (χ3v) is 4.70. The molecule has 104 valence electrons. The summed E-state index contributed by atoms with van der Waals surface area (Å²) in [6.07, 6.45) is 6.94. The minimum absolute atomic E-state index is 0.382. The van der Waals surface area contributed by atoms with Crippen LogP contribution in [-0.2, 0) is 4.79 Å². The molecule has 0 aromatic carbocycles. The zero-order valence-corrected chi connectivity index (χ0v) is 12.0. The average Bonchev–Trinajstić information content (AvgIpc) is 2.92.